The largest absolute Gasteiger partial charge is 0.500 e. The number of anilines is 2. The number of aromatic nitrogens is 6. The van der Waals surface area contributed by atoms with Crippen LogP contribution < -0.4 is 11.5 Å². The highest BCUT2D eigenvalue weighted by molar-refractivity contribution is 6.61. The van der Waals surface area contributed by atoms with Crippen LogP contribution in [0.4, 0.5) is 11.9 Å². The van der Waals surface area contributed by atoms with Gasteiger partial charge in [-0.3, -0.25) is 0 Å². The lowest BCUT2D eigenvalue weighted by molar-refractivity contribution is 0.0696. The third-order valence-corrected chi connectivity index (χ3v) is 12.0. The van der Waals surface area contributed by atoms with Crippen LogP contribution in [0.1, 0.15) is 66.0 Å². The van der Waals surface area contributed by atoms with Gasteiger partial charge in [-0.25, -0.2) is 9.36 Å². The molecule has 2 heterocycles. The van der Waals surface area contributed by atoms with Gasteiger partial charge in [0.2, 0.25) is 11.9 Å². The Labute approximate surface area is 234 Å². The van der Waals surface area contributed by atoms with Gasteiger partial charge >= 0.3 is 17.6 Å². The summed E-state index contributed by atoms with van der Waals surface area (Å²) in [7, 11) is -5.44. The molecule has 39 heavy (non-hydrogen) atoms. The Hall–Kier alpha value is -1.93. The zero-order chi connectivity index (χ0) is 28.7. The van der Waals surface area contributed by atoms with Gasteiger partial charge in [-0.2, -0.15) is 20.2 Å². The van der Waals surface area contributed by atoms with Crippen molar-refractivity contribution in [3.63, 3.8) is 0 Å². The molecule has 0 aliphatic rings. The number of rotatable bonds is 22. The lowest BCUT2D eigenvalue weighted by Gasteiger charge is -2.28. The first-order valence-electron chi connectivity index (χ1n) is 14.0. The number of hydrogen-bond acceptors (Lipinski definition) is 12. The lowest BCUT2D eigenvalue weighted by atomic mass is 10.4. The van der Waals surface area contributed by atoms with Crippen molar-refractivity contribution in [2.45, 2.75) is 86.0 Å². The maximum Gasteiger partial charge on any atom is 0.500 e. The average molecular weight is 589 g/mol. The molecule has 0 spiro atoms. The fourth-order valence-electron chi connectivity index (χ4n) is 4.32. The predicted molar refractivity (Wildman–Crippen MR) is 152 cm³/mol. The molecule has 4 N–H and O–H groups in total. The molecule has 0 amide bonds. The molecule has 0 radical (unpaired) electrons. The second-order valence-electron chi connectivity index (χ2n) is 8.57. The van der Waals surface area contributed by atoms with E-state index in [1.165, 1.54) is 0 Å². The highest BCUT2D eigenvalue weighted by Crippen LogP contribution is 2.21. The smallest absolute Gasteiger partial charge is 0.374 e. The van der Waals surface area contributed by atoms with Crippen molar-refractivity contribution in [1.29, 1.82) is 0 Å². The zero-order valence-electron chi connectivity index (χ0n) is 24.5. The summed E-state index contributed by atoms with van der Waals surface area (Å²) in [6.07, 6.45) is 1.78. The van der Waals surface area contributed by atoms with E-state index in [2.05, 4.69) is 20.2 Å². The molecule has 16 heteroatoms. The molecule has 0 aliphatic carbocycles. The van der Waals surface area contributed by atoms with Crippen LogP contribution in [0.5, 0.6) is 0 Å². The minimum atomic E-state index is -2.72. The van der Waals surface area contributed by atoms with Gasteiger partial charge in [-0.05, 0) is 54.4 Å². The number of aryl methyl sites for hydroxylation is 2. The first kappa shape index (κ1) is 33.3. The summed E-state index contributed by atoms with van der Waals surface area (Å²) in [4.78, 5) is 8.80. The van der Waals surface area contributed by atoms with Crippen molar-refractivity contribution < 1.29 is 26.6 Å². The van der Waals surface area contributed by atoms with Crippen molar-refractivity contribution in [1.82, 2.24) is 29.5 Å². The number of nitrogens with zero attached hydrogens (tertiary/aromatic N) is 6. The zero-order valence-corrected chi connectivity index (χ0v) is 26.5. The minimum Gasteiger partial charge on any atom is -0.374 e. The second-order valence-corrected chi connectivity index (χ2v) is 14.0. The van der Waals surface area contributed by atoms with Crippen LogP contribution in [0.25, 0.3) is 0 Å². The molecule has 14 nitrogen and oxygen atoms in total. The minimum absolute atomic E-state index is 0.319. The van der Waals surface area contributed by atoms with Crippen LogP contribution in [0, 0.1) is 0 Å². The molecule has 0 aliphatic heterocycles. The van der Waals surface area contributed by atoms with Crippen molar-refractivity contribution in [2.75, 3.05) is 51.1 Å². The van der Waals surface area contributed by atoms with Gasteiger partial charge in [-0.1, -0.05) is 0 Å². The Kier molecular flexibility index (Phi) is 14.5. The van der Waals surface area contributed by atoms with Gasteiger partial charge in [0.15, 0.2) is 11.6 Å². The monoisotopic (exact) mass is 588 g/mol. The van der Waals surface area contributed by atoms with Crippen LogP contribution in [0.3, 0.4) is 0 Å². The Bertz CT molecular complexity index is 855. The first-order chi connectivity index (χ1) is 18.8. The van der Waals surface area contributed by atoms with E-state index in [1.807, 2.05) is 41.5 Å². The standard InChI is InChI=1S/C23H48N8O6Si2/c1-7-32-38(33-8-2,34-9-3)17-13-15-30-22(24)26-20(28-30)19-21-27-23(25)31(29-21)16-14-18-39(35-10-4,36-11-5)37-12-6/h7-19H2,1-6H3,(H2,24,26,28)(H2,25,27,29). The number of hydrogen-bond donors (Lipinski definition) is 2. The van der Waals surface area contributed by atoms with Crippen molar-refractivity contribution >= 4 is 29.5 Å². The summed E-state index contributed by atoms with van der Waals surface area (Å²) < 4.78 is 38.9. The summed E-state index contributed by atoms with van der Waals surface area (Å²) in [6.45, 7) is 16.0. The molecule has 0 saturated carbocycles. The Balaban J connectivity index is 1.97. The molecule has 0 atom stereocenters. The summed E-state index contributed by atoms with van der Waals surface area (Å²) in [5.41, 5.74) is 12.3. The van der Waals surface area contributed by atoms with Crippen LogP contribution in [0.2, 0.25) is 12.1 Å². The molecule has 2 rings (SSSR count). The first-order valence-corrected chi connectivity index (χ1v) is 17.9. The highest BCUT2D eigenvalue weighted by atomic mass is 28.4. The van der Waals surface area contributed by atoms with Gasteiger partial charge in [-0.15, -0.1) is 0 Å². The van der Waals surface area contributed by atoms with E-state index >= 15 is 0 Å². The van der Waals surface area contributed by atoms with Crippen molar-refractivity contribution in [3.05, 3.63) is 11.6 Å². The average Bonchev–Trinajstić information content (AvgIpc) is 3.40. The van der Waals surface area contributed by atoms with E-state index in [0.29, 0.717) is 94.8 Å². The van der Waals surface area contributed by atoms with E-state index < -0.39 is 17.6 Å². The summed E-state index contributed by atoms with van der Waals surface area (Å²) in [5.74, 6) is 1.72. The van der Waals surface area contributed by atoms with Crippen LogP contribution in [0.15, 0.2) is 0 Å². The number of nitrogens with two attached hydrogens (primary N) is 2. The van der Waals surface area contributed by atoms with Crippen molar-refractivity contribution in [3.8, 4) is 0 Å². The third kappa shape index (κ3) is 10.2. The SMILES string of the molecule is CCO[Si](CCCn1nc(Cc2nc(N)n(CCC[Si](OCC)(OCC)OCC)n2)nc1N)(OCC)OCC. The predicted octanol–water partition coefficient (Wildman–Crippen LogP) is 2.50. The molecule has 0 unspecified atom stereocenters. The topological polar surface area (TPSA) is 169 Å². The van der Waals surface area contributed by atoms with E-state index in [9.17, 15) is 0 Å². The Morgan fingerprint density at radius 1 is 0.564 bits per heavy atom. The molecule has 2 aromatic heterocycles. The Morgan fingerprint density at radius 3 is 1.15 bits per heavy atom. The highest BCUT2D eigenvalue weighted by Gasteiger charge is 2.40. The second kappa shape index (κ2) is 17.0. The van der Waals surface area contributed by atoms with E-state index in [0.717, 1.165) is 12.8 Å². The molecular formula is C23H48N8O6Si2. The van der Waals surface area contributed by atoms with E-state index in [4.69, 9.17) is 38.0 Å². The summed E-state index contributed by atoms with van der Waals surface area (Å²) >= 11 is 0. The molecule has 0 saturated heterocycles. The molecule has 224 valence electrons. The van der Waals surface area contributed by atoms with Gasteiger partial charge < -0.3 is 38.0 Å². The molecular weight excluding hydrogens is 540 g/mol. The van der Waals surface area contributed by atoms with Crippen molar-refractivity contribution in [2.24, 2.45) is 0 Å². The van der Waals surface area contributed by atoms with Crippen LogP contribution >= 0.6 is 0 Å². The maximum absolute atomic E-state index is 6.14. The molecule has 0 fully saturated rings. The molecule has 0 aromatic carbocycles. The quantitative estimate of drug-likeness (QED) is 0.193. The summed E-state index contributed by atoms with van der Waals surface area (Å²) in [5, 5.41) is 9.11. The third-order valence-electron chi connectivity index (χ3n) is 5.70. The molecule has 0 bridgehead atoms. The molecule has 2 aromatic rings. The van der Waals surface area contributed by atoms with Crippen LogP contribution in [-0.2, 0) is 46.1 Å². The summed E-state index contributed by atoms with van der Waals surface area (Å²) in [6, 6.07) is 1.33. The van der Waals surface area contributed by atoms with Crippen LogP contribution in [-0.4, -0.2) is 86.8 Å². The maximum atomic E-state index is 6.14. The van der Waals surface area contributed by atoms with Gasteiger partial charge in [0.1, 0.15) is 0 Å². The van der Waals surface area contributed by atoms with E-state index in [1.54, 1.807) is 9.36 Å². The van der Waals surface area contributed by atoms with Gasteiger partial charge in [0.05, 0.1) is 6.42 Å². The fourth-order valence-corrected chi connectivity index (χ4v) is 9.51. The fraction of sp³-hybridized carbons (Fsp3) is 0.826. The van der Waals surface area contributed by atoms with Gasteiger partial charge in [0.25, 0.3) is 0 Å². The van der Waals surface area contributed by atoms with Gasteiger partial charge in [0, 0.05) is 64.8 Å². The Morgan fingerprint density at radius 2 is 0.872 bits per heavy atom. The number of nitrogen functional groups attached to an aromatic ring is 2. The lowest BCUT2D eigenvalue weighted by Crippen LogP contribution is -2.46. The normalized spacial score (nSPS) is 12.5. The van der Waals surface area contributed by atoms with E-state index in [-0.39, 0.29) is 0 Å².